The monoisotopic (exact) mass is 320 g/mol. The smallest absolute Gasteiger partial charge is 0.161 e. The molecule has 0 radical (unpaired) electrons. The number of rotatable bonds is 3. The average Bonchev–Trinajstić information content (AvgIpc) is 3.20. The first kappa shape index (κ1) is 14.1. The van der Waals surface area contributed by atoms with E-state index in [4.69, 9.17) is 10.00 Å². The molecule has 1 aromatic carbocycles. The van der Waals surface area contributed by atoms with Gasteiger partial charge in [-0.05, 0) is 24.3 Å². The van der Waals surface area contributed by atoms with Crippen molar-refractivity contribution in [1.29, 1.82) is 5.26 Å². The zero-order valence-electron chi connectivity index (χ0n) is 13.2. The fourth-order valence-corrected chi connectivity index (χ4v) is 2.75. The second-order valence-corrected chi connectivity index (χ2v) is 5.28. The van der Waals surface area contributed by atoms with Gasteiger partial charge < -0.3 is 15.0 Å². The molecule has 24 heavy (non-hydrogen) atoms. The van der Waals surface area contributed by atoms with Crippen LogP contribution < -0.4 is 10.1 Å². The van der Waals surface area contributed by atoms with Crippen molar-refractivity contribution in [2.75, 3.05) is 19.5 Å². The van der Waals surface area contributed by atoms with Crippen molar-refractivity contribution in [2.45, 2.75) is 0 Å². The van der Waals surface area contributed by atoms with Crippen molar-refractivity contribution in [2.24, 2.45) is 0 Å². The molecule has 0 aliphatic carbocycles. The number of imidazole rings is 2. The maximum Gasteiger partial charge on any atom is 0.161 e. The Labute approximate surface area is 139 Å². The summed E-state index contributed by atoms with van der Waals surface area (Å²) in [4.78, 5) is 12.5. The van der Waals surface area contributed by atoms with E-state index in [2.05, 4.69) is 26.3 Å². The van der Waals surface area contributed by atoms with Crippen LogP contribution in [0, 0.1) is 11.3 Å². The van der Waals surface area contributed by atoms with Crippen LogP contribution in [0.2, 0.25) is 0 Å². The molecule has 0 bridgehead atoms. The van der Waals surface area contributed by atoms with E-state index in [0.29, 0.717) is 22.7 Å². The van der Waals surface area contributed by atoms with Gasteiger partial charge in [0.05, 0.1) is 29.8 Å². The number of aromatic amines is 1. The number of hydrogen-bond acceptors (Lipinski definition) is 5. The summed E-state index contributed by atoms with van der Waals surface area (Å²) in [5, 5.41) is 12.2. The molecule has 0 fully saturated rings. The lowest BCUT2D eigenvalue weighted by atomic mass is 10.3. The summed E-state index contributed by atoms with van der Waals surface area (Å²) >= 11 is 0. The molecule has 7 heteroatoms. The fraction of sp³-hybridized carbons (Fsp3) is 0.118. The van der Waals surface area contributed by atoms with E-state index in [-0.39, 0.29) is 1.43 Å². The highest BCUT2D eigenvalue weighted by Gasteiger charge is 2.17. The summed E-state index contributed by atoms with van der Waals surface area (Å²) in [5.74, 6) is 2.23. The number of hydrogen-bond donors (Lipinski definition) is 2. The van der Waals surface area contributed by atoms with Crippen LogP contribution in [0.1, 0.15) is 6.99 Å². The Balaban J connectivity index is 0.00000182. The van der Waals surface area contributed by atoms with E-state index in [1.165, 1.54) is 0 Å². The minimum absolute atomic E-state index is 0. The Bertz CT molecular complexity index is 1110. The first-order chi connectivity index (χ1) is 11.7. The van der Waals surface area contributed by atoms with E-state index in [0.717, 1.165) is 22.6 Å². The molecule has 0 aliphatic rings. The number of fused-ring (bicyclic) bond motifs is 2. The van der Waals surface area contributed by atoms with E-state index >= 15 is 0 Å². The number of methoxy groups -OCH3 is 1. The van der Waals surface area contributed by atoms with Gasteiger partial charge in [-0.25, -0.2) is 9.97 Å². The second-order valence-electron chi connectivity index (χ2n) is 5.28. The van der Waals surface area contributed by atoms with Crippen LogP contribution >= 0.6 is 0 Å². The molecule has 0 spiro atoms. The van der Waals surface area contributed by atoms with Crippen molar-refractivity contribution >= 4 is 22.5 Å². The van der Waals surface area contributed by atoms with Crippen molar-refractivity contribution in [3.63, 3.8) is 0 Å². The van der Waals surface area contributed by atoms with Gasteiger partial charge in [-0.3, -0.25) is 4.40 Å². The molecule has 4 aromatic rings. The molecule has 7 nitrogen and oxygen atoms in total. The third-order valence-corrected chi connectivity index (χ3v) is 3.91. The van der Waals surface area contributed by atoms with Gasteiger partial charge in [-0.15, -0.1) is 0 Å². The van der Waals surface area contributed by atoms with Gasteiger partial charge in [0.2, 0.25) is 0 Å². The van der Waals surface area contributed by atoms with Crippen LogP contribution in [-0.2, 0) is 0 Å². The number of nitrogens with one attached hydrogen (secondary N) is 2. The Morgan fingerprint density at radius 1 is 1.29 bits per heavy atom. The van der Waals surface area contributed by atoms with E-state index in [1.807, 2.05) is 35.8 Å². The molecule has 4 rings (SSSR count). The Kier molecular flexibility index (Phi) is 3.10. The summed E-state index contributed by atoms with van der Waals surface area (Å²) in [7, 11) is 3.46. The van der Waals surface area contributed by atoms with Gasteiger partial charge in [0.15, 0.2) is 5.82 Å². The molecule has 2 N–H and O–H groups in total. The van der Waals surface area contributed by atoms with E-state index in [1.54, 1.807) is 19.2 Å². The Hall–Kier alpha value is -3.53. The van der Waals surface area contributed by atoms with Gasteiger partial charge in [0, 0.05) is 20.7 Å². The topological polar surface area (TPSA) is 91.0 Å². The molecule has 120 valence electrons. The van der Waals surface area contributed by atoms with Crippen LogP contribution in [-0.4, -0.2) is 33.5 Å². The normalized spacial score (nSPS) is 10.9. The number of pyridine rings is 1. The lowest BCUT2D eigenvalue weighted by Gasteiger charge is -2.01. The van der Waals surface area contributed by atoms with Crippen molar-refractivity contribution in [3.05, 3.63) is 42.1 Å². The molecule has 3 aromatic heterocycles. The fourth-order valence-electron chi connectivity index (χ4n) is 2.75. The molecule has 0 amide bonds. The standard InChI is InChI=1S/C17H14N6O.H2/c1-19-17-15(22-14-7-10(9-18)5-6-23(14)17)16-20-12-4-3-11(24-2)8-13(12)21-16;/h3-8,19H,1-2H3,(H,20,21);1H. The van der Waals surface area contributed by atoms with Gasteiger partial charge in [0.1, 0.15) is 22.9 Å². The zero-order valence-corrected chi connectivity index (χ0v) is 13.2. The molecule has 0 saturated heterocycles. The molecule has 0 unspecified atom stereocenters. The third kappa shape index (κ3) is 2.05. The largest absolute Gasteiger partial charge is 0.497 e. The van der Waals surface area contributed by atoms with Crippen LogP contribution in [0.25, 0.3) is 28.2 Å². The number of anilines is 1. The summed E-state index contributed by atoms with van der Waals surface area (Å²) in [6, 6.07) is 11.3. The van der Waals surface area contributed by atoms with Gasteiger partial charge in [0.25, 0.3) is 0 Å². The second kappa shape index (κ2) is 5.28. The minimum Gasteiger partial charge on any atom is -0.497 e. The van der Waals surface area contributed by atoms with Crippen LogP contribution in [0.15, 0.2) is 36.5 Å². The third-order valence-electron chi connectivity index (χ3n) is 3.91. The van der Waals surface area contributed by atoms with Crippen LogP contribution in [0.5, 0.6) is 5.75 Å². The SMILES string of the molecule is CNc1c(-c2nc3ccc(OC)cc3[nH]2)nc2cc(C#N)ccn12.[HH]. The number of ether oxygens (including phenoxy) is 1. The van der Waals surface area contributed by atoms with Crippen molar-refractivity contribution in [3.8, 4) is 23.3 Å². The predicted molar refractivity (Wildman–Crippen MR) is 93.2 cm³/mol. The highest BCUT2D eigenvalue weighted by Crippen LogP contribution is 2.29. The first-order valence-electron chi connectivity index (χ1n) is 7.37. The van der Waals surface area contributed by atoms with E-state index in [9.17, 15) is 0 Å². The number of aromatic nitrogens is 4. The molecular weight excluding hydrogens is 304 g/mol. The van der Waals surface area contributed by atoms with Gasteiger partial charge >= 0.3 is 0 Å². The lowest BCUT2D eigenvalue weighted by molar-refractivity contribution is 0.415. The lowest BCUT2D eigenvalue weighted by Crippen LogP contribution is -1.96. The van der Waals surface area contributed by atoms with Gasteiger partial charge in [-0.1, -0.05) is 0 Å². The summed E-state index contributed by atoms with van der Waals surface area (Å²) in [6.45, 7) is 0. The van der Waals surface area contributed by atoms with Crippen LogP contribution in [0.3, 0.4) is 0 Å². The number of benzene rings is 1. The van der Waals surface area contributed by atoms with E-state index < -0.39 is 0 Å². The number of H-pyrrole nitrogens is 1. The highest BCUT2D eigenvalue weighted by molar-refractivity contribution is 5.83. The summed E-state index contributed by atoms with van der Waals surface area (Å²) in [5.41, 5.74) is 3.66. The van der Waals surface area contributed by atoms with Crippen molar-refractivity contribution in [1.82, 2.24) is 19.4 Å². The van der Waals surface area contributed by atoms with Gasteiger partial charge in [-0.2, -0.15) is 5.26 Å². The Morgan fingerprint density at radius 2 is 2.17 bits per heavy atom. The number of nitriles is 1. The summed E-state index contributed by atoms with van der Waals surface area (Å²) in [6.07, 6.45) is 1.82. The van der Waals surface area contributed by atoms with Crippen molar-refractivity contribution < 1.29 is 6.16 Å². The highest BCUT2D eigenvalue weighted by atomic mass is 16.5. The average molecular weight is 320 g/mol. The predicted octanol–water partition coefficient (Wildman–Crippen LogP) is 3.05. The summed E-state index contributed by atoms with van der Waals surface area (Å²) < 4.78 is 7.14. The van der Waals surface area contributed by atoms with Crippen LogP contribution in [0.4, 0.5) is 5.82 Å². The molecule has 3 heterocycles. The maximum atomic E-state index is 9.06. The minimum atomic E-state index is 0. The molecular formula is C17H16N6O. The quantitative estimate of drug-likeness (QED) is 0.605. The maximum absolute atomic E-state index is 9.06. The number of nitrogens with zero attached hydrogens (tertiary/aromatic N) is 4. The first-order valence-corrected chi connectivity index (χ1v) is 7.37. The Morgan fingerprint density at radius 3 is 2.92 bits per heavy atom. The zero-order chi connectivity index (χ0) is 16.7. The molecule has 0 aliphatic heterocycles. The molecule has 0 atom stereocenters. The molecule has 0 saturated carbocycles.